The fourth-order valence-electron chi connectivity index (χ4n) is 1.90. The molecule has 92 valence electrons. The van der Waals surface area contributed by atoms with Crippen molar-refractivity contribution >= 4 is 11.6 Å². The second kappa shape index (κ2) is 4.47. The molecule has 1 atom stereocenters. The van der Waals surface area contributed by atoms with Gasteiger partial charge in [0.2, 0.25) is 5.91 Å². The molecule has 1 saturated carbocycles. The number of aliphatic hydroxyl groups excluding tert-OH is 1. The lowest BCUT2D eigenvalue weighted by Gasteiger charge is -2.16. The maximum atomic E-state index is 12.0. The van der Waals surface area contributed by atoms with Crippen molar-refractivity contribution in [2.45, 2.75) is 25.9 Å². The molecule has 4 nitrogen and oxygen atoms in total. The average molecular weight is 234 g/mol. The Kier molecular flexibility index (Phi) is 3.17. The molecule has 0 spiro atoms. The number of hydrogen-bond donors (Lipinski definition) is 3. The van der Waals surface area contributed by atoms with E-state index in [9.17, 15) is 9.90 Å². The van der Waals surface area contributed by atoms with Gasteiger partial charge in [-0.25, -0.2) is 0 Å². The Morgan fingerprint density at radius 2 is 2.18 bits per heavy atom. The van der Waals surface area contributed by atoms with Crippen molar-refractivity contribution in [3.63, 3.8) is 0 Å². The minimum absolute atomic E-state index is 0.0342. The van der Waals surface area contributed by atoms with Crippen LogP contribution in [0.15, 0.2) is 24.3 Å². The van der Waals surface area contributed by atoms with Gasteiger partial charge < -0.3 is 16.2 Å². The van der Waals surface area contributed by atoms with Crippen molar-refractivity contribution in [1.29, 1.82) is 0 Å². The summed E-state index contributed by atoms with van der Waals surface area (Å²) in [5, 5.41) is 12.5. The molecule has 0 heterocycles. The van der Waals surface area contributed by atoms with Crippen LogP contribution < -0.4 is 11.1 Å². The number of nitrogens with one attached hydrogen (secondary N) is 1. The van der Waals surface area contributed by atoms with E-state index in [1.54, 1.807) is 13.0 Å². The van der Waals surface area contributed by atoms with Gasteiger partial charge in [0.05, 0.1) is 11.5 Å². The Hall–Kier alpha value is -1.39. The molecule has 0 bridgehead atoms. The molecule has 0 aromatic heterocycles. The van der Waals surface area contributed by atoms with E-state index in [2.05, 4.69) is 5.32 Å². The van der Waals surface area contributed by atoms with Gasteiger partial charge in [-0.1, -0.05) is 18.2 Å². The third-order valence-electron chi connectivity index (χ3n) is 3.39. The number of benzene rings is 1. The number of carbonyl (C=O) groups excluding carboxylic acids is 1. The van der Waals surface area contributed by atoms with Crippen LogP contribution >= 0.6 is 0 Å². The number of hydrogen-bond acceptors (Lipinski definition) is 3. The highest BCUT2D eigenvalue weighted by molar-refractivity contribution is 5.98. The Balaban J connectivity index is 2.16. The predicted molar refractivity (Wildman–Crippen MR) is 66.4 cm³/mol. The maximum absolute atomic E-state index is 12.0. The average Bonchev–Trinajstić information content (AvgIpc) is 3.10. The summed E-state index contributed by atoms with van der Waals surface area (Å²) in [5.41, 5.74) is 6.65. The Morgan fingerprint density at radius 3 is 2.71 bits per heavy atom. The van der Waals surface area contributed by atoms with E-state index in [1.807, 2.05) is 18.2 Å². The highest BCUT2D eigenvalue weighted by atomic mass is 16.3. The minimum Gasteiger partial charge on any atom is -0.389 e. The standard InChI is InChI=1S/C13H18N2O2/c1-9(16)10-4-2-3-5-11(10)15-12(17)13(8-14)6-7-13/h2-5,9,16H,6-8,14H2,1H3,(H,15,17). The molecule has 1 fully saturated rings. The van der Waals surface area contributed by atoms with Crippen molar-refractivity contribution in [2.75, 3.05) is 11.9 Å². The molecule has 0 saturated heterocycles. The molecule has 1 amide bonds. The summed E-state index contributed by atoms with van der Waals surface area (Å²) in [6.45, 7) is 2.07. The molecule has 1 aromatic carbocycles. The molecular weight excluding hydrogens is 216 g/mol. The molecule has 1 aliphatic carbocycles. The normalized spacial score (nSPS) is 18.5. The first kappa shape index (κ1) is 12.1. The van der Waals surface area contributed by atoms with E-state index in [0.717, 1.165) is 18.4 Å². The van der Waals surface area contributed by atoms with Crippen LogP contribution in [0.5, 0.6) is 0 Å². The Bertz CT molecular complexity index is 425. The van der Waals surface area contributed by atoms with Crippen LogP contribution in [0, 0.1) is 5.41 Å². The third kappa shape index (κ3) is 2.33. The van der Waals surface area contributed by atoms with Gasteiger partial charge in [0.1, 0.15) is 0 Å². The summed E-state index contributed by atoms with van der Waals surface area (Å²) in [5.74, 6) is -0.0342. The number of para-hydroxylation sites is 1. The van der Waals surface area contributed by atoms with Crippen molar-refractivity contribution < 1.29 is 9.90 Å². The van der Waals surface area contributed by atoms with Crippen LogP contribution in [-0.2, 0) is 4.79 Å². The molecule has 2 rings (SSSR count). The third-order valence-corrected chi connectivity index (χ3v) is 3.39. The minimum atomic E-state index is -0.598. The fourth-order valence-corrected chi connectivity index (χ4v) is 1.90. The quantitative estimate of drug-likeness (QED) is 0.737. The van der Waals surface area contributed by atoms with E-state index < -0.39 is 6.10 Å². The van der Waals surface area contributed by atoms with E-state index >= 15 is 0 Å². The molecule has 0 aliphatic heterocycles. The molecular formula is C13H18N2O2. The first-order valence-electron chi connectivity index (χ1n) is 5.87. The Labute approximate surface area is 101 Å². The number of anilines is 1. The highest BCUT2D eigenvalue weighted by Crippen LogP contribution is 2.45. The monoisotopic (exact) mass is 234 g/mol. The topological polar surface area (TPSA) is 75.3 Å². The van der Waals surface area contributed by atoms with Crippen LogP contribution in [0.1, 0.15) is 31.4 Å². The van der Waals surface area contributed by atoms with Crippen LogP contribution in [0.2, 0.25) is 0 Å². The molecule has 1 aliphatic rings. The molecule has 1 unspecified atom stereocenters. The van der Waals surface area contributed by atoms with Crippen molar-refractivity contribution in [3.8, 4) is 0 Å². The summed E-state index contributed by atoms with van der Waals surface area (Å²) >= 11 is 0. The van der Waals surface area contributed by atoms with Gasteiger partial charge in [-0.05, 0) is 25.8 Å². The van der Waals surface area contributed by atoms with Crippen LogP contribution in [-0.4, -0.2) is 17.6 Å². The second-order valence-electron chi connectivity index (χ2n) is 4.70. The lowest BCUT2D eigenvalue weighted by atomic mass is 10.0. The zero-order chi connectivity index (χ0) is 12.5. The summed E-state index contributed by atoms with van der Waals surface area (Å²) in [7, 11) is 0. The van der Waals surface area contributed by atoms with Gasteiger partial charge >= 0.3 is 0 Å². The highest BCUT2D eigenvalue weighted by Gasteiger charge is 2.48. The zero-order valence-electron chi connectivity index (χ0n) is 9.94. The van der Waals surface area contributed by atoms with Crippen molar-refractivity contribution in [3.05, 3.63) is 29.8 Å². The fraction of sp³-hybridized carbons (Fsp3) is 0.462. The smallest absolute Gasteiger partial charge is 0.231 e. The number of aliphatic hydroxyl groups is 1. The van der Waals surface area contributed by atoms with E-state index in [-0.39, 0.29) is 11.3 Å². The lowest BCUT2D eigenvalue weighted by Crippen LogP contribution is -2.31. The van der Waals surface area contributed by atoms with Gasteiger partial charge in [0.15, 0.2) is 0 Å². The summed E-state index contributed by atoms with van der Waals surface area (Å²) < 4.78 is 0. The summed E-state index contributed by atoms with van der Waals surface area (Å²) in [6, 6.07) is 7.28. The van der Waals surface area contributed by atoms with Gasteiger partial charge in [-0.15, -0.1) is 0 Å². The van der Waals surface area contributed by atoms with Crippen LogP contribution in [0.25, 0.3) is 0 Å². The van der Waals surface area contributed by atoms with Crippen molar-refractivity contribution in [1.82, 2.24) is 0 Å². The van der Waals surface area contributed by atoms with Crippen molar-refractivity contribution in [2.24, 2.45) is 11.1 Å². The number of carbonyl (C=O) groups is 1. The molecule has 1 aromatic rings. The second-order valence-corrected chi connectivity index (χ2v) is 4.70. The molecule has 17 heavy (non-hydrogen) atoms. The number of rotatable bonds is 4. The largest absolute Gasteiger partial charge is 0.389 e. The van der Waals surface area contributed by atoms with E-state index in [4.69, 9.17) is 5.73 Å². The summed E-state index contributed by atoms with van der Waals surface area (Å²) in [6.07, 6.45) is 1.11. The van der Waals surface area contributed by atoms with E-state index in [0.29, 0.717) is 12.2 Å². The predicted octanol–water partition coefficient (Wildman–Crippen LogP) is 1.42. The molecule has 4 heteroatoms. The zero-order valence-corrected chi connectivity index (χ0v) is 9.94. The first-order chi connectivity index (χ1) is 8.09. The van der Waals surface area contributed by atoms with Gasteiger partial charge in [-0.3, -0.25) is 4.79 Å². The maximum Gasteiger partial charge on any atom is 0.231 e. The summed E-state index contributed by atoms with van der Waals surface area (Å²) in [4.78, 5) is 12.0. The van der Waals surface area contributed by atoms with Crippen LogP contribution in [0.4, 0.5) is 5.69 Å². The Morgan fingerprint density at radius 1 is 1.53 bits per heavy atom. The first-order valence-corrected chi connectivity index (χ1v) is 5.87. The molecule has 4 N–H and O–H groups in total. The van der Waals surface area contributed by atoms with Gasteiger partial charge in [0, 0.05) is 17.8 Å². The number of nitrogens with two attached hydrogens (primary N) is 1. The SMILES string of the molecule is CC(O)c1ccccc1NC(=O)C1(CN)CC1. The van der Waals surface area contributed by atoms with Crippen LogP contribution in [0.3, 0.4) is 0 Å². The van der Waals surface area contributed by atoms with Gasteiger partial charge in [0.25, 0.3) is 0 Å². The lowest BCUT2D eigenvalue weighted by molar-refractivity contribution is -0.120. The van der Waals surface area contributed by atoms with Gasteiger partial charge in [-0.2, -0.15) is 0 Å². The number of amides is 1. The molecule has 0 radical (unpaired) electrons. The van der Waals surface area contributed by atoms with E-state index in [1.165, 1.54) is 0 Å².